The zero-order chi connectivity index (χ0) is 6.41. The Balaban J connectivity index is 0. The molecule has 0 fully saturated rings. The second-order valence-electron chi connectivity index (χ2n) is 1.28. The topological polar surface area (TPSA) is 46.5 Å². The van der Waals surface area contributed by atoms with Gasteiger partial charge in [-0.05, 0) is 6.92 Å². The SMILES string of the molecule is CCOC(=O)CCO.[NaH]. The van der Waals surface area contributed by atoms with Crippen LogP contribution in [0.15, 0.2) is 0 Å². The summed E-state index contributed by atoms with van der Waals surface area (Å²) >= 11 is 0. The summed E-state index contributed by atoms with van der Waals surface area (Å²) in [5, 5.41) is 8.16. The maximum atomic E-state index is 10.3. The third-order valence-corrected chi connectivity index (χ3v) is 0.621. The van der Waals surface area contributed by atoms with Crippen molar-refractivity contribution in [2.75, 3.05) is 13.2 Å². The summed E-state index contributed by atoms with van der Waals surface area (Å²) in [5.74, 6) is -0.338. The second-order valence-corrected chi connectivity index (χ2v) is 1.28. The van der Waals surface area contributed by atoms with Gasteiger partial charge in [0.05, 0.1) is 19.6 Å². The molecule has 0 spiro atoms. The fourth-order valence-electron chi connectivity index (χ4n) is 0.324. The van der Waals surface area contributed by atoms with E-state index in [0.717, 1.165) is 0 Å². The molecule has 0 heterocycles. The molecule has 9 heavy (non-hydrogen) atoms. The predicted octanol–water partition coefficient (Wildman–Crippen LogP) is -0.717. The average molecular weight is 142 g/mol. The Bertz CT molecular complexity index is 66.6. The van der Waals surface area contributed by atoms with E-state index in [9.17, 15) is 4.79 Å². The van der Waals surface area contributed by atoms with E-state index in [4.69, 9.17) is 5.11 Å². The van der Waals surface area contributed by atoms with Crippen LogP contribution in [-0.2, 0) is 9.53 Å². The zero-order valence-electron chi connectivity index (χ0n) is 4.89. The molecule has 0 saturated carbocycles. The van der Waals surface area contributed by atoms with Crippen LogP contribution in [0.25, 0.3) is 0 Å². The van der Waals surface area contributed by atoms with E-state index in [1.54, 1.807) is 6.92 Å². The minimum absolute atomic E-state index is 0. The Hall–Kier alpha value is 0.430. The third-order valence-electron chi connectivity index (χ3n) is 0.621. The Labute approximate surface area is 76.7 Å². The number of rotatable bonds is 3. The van der Waals surface area contributed by atoms with Crippen molar-refractivity contribution in [1.82, 2.24) is 0 Å². The van der Waals surface area contributed by atoms with Crippen molar-refractivity contribution in [1.29, 1.82) is 0 Å². The van der Waals surface area contributed by atoms with Gasteiger partial charge in [0.1, 0.15) is 0 Å². The van der Waals surface area contributed by atoms with E-state index >= 15 is 0 Å². The molecule has 3 nitrogen and oxygen atoms in total. The molecule has 0 aliphatic rings. The molecule has 0 bridgehead atoms. The summed E-state index contributed by atoms with van der Waals surface area (Å²) in [4.78, 5) is 10.3. The van der Waals surface area contributed by atoms with Gasteiger partial charge >= 0.3 is 35.5 Å². The number of carbonyl (C=O) groups excluding carboxylic acids is 1. The number of hydrogen-bond acceptors (Lipinski definition) is 3. The van der Waals surface area contributed by atoms with Crippen LogP contribution in [0.5, 0.6) is 0 Å². The monoisotopic (exact) mass is 142 g/mol. The Morgan fingerprint density at radius 2 is 2.22 bits per heavy atom. The van der Waals surface area contributed by atoms with Gasteiger partial charge in [-0.25, -0.2) is 0 Å². The number of esters is 1. The summed E-state index contributed by atoms with van der Waals surface area (Å²) in [6.45, 7) is 1.99. The van der Waals surface area contributed by atoms with Gasteiger partial charge in [-0.3, -0.25) is 4.79 Å². The molecule has 0 amide bonds. The van der Waals surface area contributed by atoms with E-state index in [-0.39, 0.29) is 48.6 Å². The van der Waals surface area contributed by atoms with Crippen molar-refractivity contribution in [3.05, 3.63) is 0 Å². The first kappa shape index (κ1) is 12.1. The first-order valence-corrected chi connectivity index (χ1v) is 2.57. The predicted molar refractivity (Wildman–Crippen MR) is 35.5 cm³/mol. The van der Waals surface area contributed by atoms with Gasteiger partial charge in [-0.1, -0.05) is 0 Å². The van der Waals surface area contributed by atoms with Crippen LogP contribution in [0.2, 0.25) is 0 Å². The molecule has 0 aliphatic carbocycles. The molecule has 1 N–H and O–H groups in total. The van der Waals surface area contributed by atoms with Crippen LogP contribution in [0.1, 0.15) is 13.3 Å². The van der Waals surface area contributed by atoms with Gasteiger partial charge in [0.15, 0.2) is 0 Å². The van der Waals surface area contributed by atoms with Gasteiger partial charge in [0.25, 0.3) is 0 Å². The van der Waals surface area contributed by atoms with Gasteiger partial charge < -0.3 is 9.84 Å². The zero-order valence-corrected chi connectivity index (χ0v) is 4.89. The van der Waals surface area contributed by atoms with Crippen molar-refractivity contribution >= 4 is 35.5 Å². The summed E-state index contributed by atoms with van der Waals surface area (Å²) < 4.78 is 4.48. The molecule has 50 valence electrons. The molecule has 0 radical (unpaired) electrons. The van der Waals surface area contributed by atoms with Gasteiger partial charge in [-0.2, -0.15) is 0 Å². The van der Waals surface area contributed by atoms with E-state index in [0.29, 0.717) is 6.61 Å². The molecule has 0 aromatic carbocycles. The number of carbonyl (C=O) groups is 1. The maximum absolute atomic E-state index is 10.3. The molecule has 0 rings (SSSR count). The van der Waals surface area contributed by atoms with Crippen LogP contribution in [0.3, 0.4) is 0 Å². The van der Waals surface area contributed by atoms with Crippen LogP contribution in [0, 0.1) is 0 Å². The minimum atomic E-state index is -0.338. The van der Waals surface area contributed by atoms with Crippen molar-refractivity contribution in [2.45, 2.75) is 13.3 Å². The Morgan fingerprint density at radius 1 is 1.67 bits per heavy atom. The Kier molecular flexibility index (Phi) is 11.4. The van der Waals surface area contributed by atoms with Crippen molar-refractivity contribution in [3.63, 3.8) is 0 Å². The van der Waals surface area contributed by atoms with Crippen molar-refractivity contribution < 1.29 is 14.6 Å². The van der Waals surface area contributed by atoms with Crippen LogP contribution in [-0.4, -0.2) is 53.8 Å². The number of ether oxygens (including phenoxy) is 1. The van der Waals surface area contributed by atoms with Gasteiger partial charge in [-0.15, -0.1) is 0 Å². The molecule has 0 aromatic rings. The van der Waals surface area contributed by atoms with Crippen LogP contribution < -0.4 is 0 Å². The summed E-state index contributed by atoms with van der Waals surface area (Å²) in [6.07, 6.45) is 0.105. The second kappa shape index (κ2) is 8.43. The molecule has 0 atom stereocenters. The summed E-state index contributed by atoms with van der Waals surface area (Å²) in [7, 11) is 0. The first-order valence-electron chi connectivity index (χ1n) is 2.57. The Morgan fingerprint density at radius 3 is 2.56 bits per heavy atom. The normalized spacial score (nSPS) is 7.78. The molecule has 4 heteroatoms. The van der Waals surface area contributed by atoms with Crippen LogP contribution >= 0.6 is 0 Å². The molecule has 0 aromatic heterocycles. The van der Waals surface area contributed by atoms with Gasteiger partial charge in [0, 0.05) is 0 Å². The van der Waals surface area contributed by atoms with E-state index in [1.807, 2.05) is 0 Å². The van der Waals surface area contributed by atoms with Gasteiger partial charge in [0.2, 0.25) is 0 Å². The fourth-order valence-corrected chi connectivity index (χ4v) is 0.324. The molecule has 0 aliphatic heterocycles. The summed E-state index contributed by atoms with van der Waals surface area (Å²) in [6, 6.07) is 0. The third kappa shape index (κ3) is 8.43. The standard InChI is InChI=1S/C5H10O3.Na.H/c1-2-8-5(7)3-4-6;;/h6H,2-4H2,1H3;;. The van der Waals surface area contributed by atoms with Crippen molar-refractivity contribution in [2.24, 2.45) is 0 Å². The molecular formula is C5H11NaO3. The fraction of sp³-hybridized carbons (Fsp3) is 0.800. The summed E-state index contributed by atoms with van der Waals surface area (Å²) in [5.41, 5.74) is 0. The first-order chi connectivity index (χ1) is 3.81. The van der Waals surface area contributed by atoms with Crippen molar-refractivity contribution in [3.8, 4) is 0 Å². The van der Waals surface area contributed by atoms with E-state index in [1.165, 1.54) is 0 Å². The molecule has 0 saturated heterocycles. The molecular weight excluding hydrogens is 131 g/mol. The quantitative estimate of drug-likeness (QED) is 0.418. The molecule has 0 unspecified atom stereocenters. The number of aliphatic hydroxyl groups is 1. The number of aliphatic hydroxyl groups excluding tert-OH is 1. The number of hydrogen-bond donors (Lipinski definition) is 1. The average Bonchev–Trinajstić information content (AvgIpc) is 1.68. The van der Waals surface area contributed by atoms with E-state index in [2.05, 4.69) is 4.74 Å². The van der Waals surface area contributed by atoms with E-state index < -0.39 is 0 Å². The van der Waals surface area contributed by atoms with Crippen LogP contribution in [0.4, 0.5) is 0 Å².